The van der Waals surface area contributed by atoms with Gasteiger partial charge in [-0.05, 0) is 29.8 Å². The van der Waals surface area contributed by atoms with E-state index in [9.17, 15) is 0 Å². The maximum absolute atomic E-state index is 9.12. The van der Waals surface area contributed by atoms with E-state index < -0.39 is 0 Å². The van der Waals surface area contributed by atoms with E-state index in [1.54, 1.807) is 12.3 Å². The highest BCUT2D eigenvalue weighted by atomic mass is 16.5. The van der Waals surface area contributed by atoms with Gasteiger partial charge in [0, 0.05) is 5.39 Å². The van der Waals surface area contributed by atoms with Crippen LogP contribution in [0.3, 0.4) is 0 Å². The Balaban J connectivity index is 2.01. The molecule has 0 aliphatic rings. The number of hydrogen-bond donors (Lipinski definition) is 1. The molecule has 0 amide bonds. The van der Waals surface area contributed by atoms with E-state index in [1.807, 2.05) is 42.5 Å². The van der Waals surface area contributed by atoms with E-state index in [0.717, 1.165) is 16.5 Å². The maximum Gasteiger partial charge on any atom is 0.156 e. The number of nitrogens with zero attached hydrogens (tertiary/aromatic N) is 2. The molecule has 4 heteroatoms. The number of fused-ring (bicyclic) bond motifs is 1. The molecule has 0 radical (unpaired) electrons. The van der Waals surface area contributed by atoms with Gasteiger partial charge < -0.3 is 9.84 Å². The zero-order chi connectivity index (χ0) is 13.1. The Kier molecular flexibility index (Phi) is 3.08. The van der Waals surface area contributed by atoms with Crippen LogP contribution in [0, 0.1) is 0 Å². The number of ether oxygens (including phenoxy) is 1. The molecule has 1 aromatic heterocycles. The summed E-state index contributed by atoms with van der Waals surface area (Å²) in [5.74, 6) is 1.32. The molecule has 0 fully saturated rings. The molecule has 4 nitrogen and oxygen atoms in total. The standard InChI is InChI=1S/C15H12N2O2/c18-10-11-4-3-5-12(8-11)19-15-9-16-17-14-7-2-1-6-13(14)15/h1-9,18H,10H2. The van der Waals surface area contributed by atoms with Gasteiger partial charge in [0.1, 0.15) is 5.75 Å². The van der Waals surface area contributed by atoms with E-state index >= 15 is 0 Å². The van der Waals surface area contributed by atoms with Gasteiger partial charge in [-0.2, -0.15) is 10.2 Å². The SMILES string of the molecule is OCc1cccc(Oc2cnnc3ccccc23)c1. The van der Waals surface area contributed by atoms with Crippen LogP contribution in [0.5, 0.6) is 11.5 Å². The van der Waals surface area contributed by atoms with Crippen molar-refractivity contribution in [3.05, 3.63) is 60.3 Å². The highest BCUT2D eigenvalue weighted by molar-refractivity contribution is 5.84. The fourth-order valence-corrected chi connectivity index (χ4v) is 1.90. The molecule has 0 saturated heterocycles. The first-order valence-electron chi connectivity index (χ1n) is 5.95. The largest absolute Gasteiger partial charge is 0.455 e. The fourth-order valence-electron chi connectivity index (χ4n) is 1.90. The summed E-state index contributed by atoms with van der Waals surface area (Å²) in [6.07, 6.45) is 1.59. The summed E-state index contributed by atoms with van der Waals surface area (Å²) in [5.41, 5.74) is 1.60. The van der Waals surface area contributed by atoms with Gasteiger partial charge in [-0.25, -0.2) is 0 Å². The molecule has 0 aliphatic carbocycles. The Labute approximate surface area is 110 Å². The number of aromatic nitrogens is 2. The van der Waals surface area contributed by atoms with Crippen molar-refractivity contribution in [2.45, 2.75) is 6.61 Å². The second kappa shape index (κ2) is 5.04. The molecular weight excluding hydrogens is 240 g/mol. The smallest absolute Gasteiger partial charge is 0.156 e. The molecule has 0 saturated carbocycles. The first-order valence-corrected chi connectivity index (χ1v) is 5.95. The van der Waals surface area contributed by atoms with Crippen molar-refractivity contribution < 1.29 is 9.84 Å². The Hall–Kier alpha value is -2.46. The lowest BCUT2D eigenvalue weighted by Crippen LogP contribution is -1.91. The molecule has 1 heterocycles. The third-order valence-corrected chi connectivity index (χ3v) is 2.82. The van der Waals surface area contributed by atoms with Crippen molar-refractivity contribution >= 4 is 10.9 Å². The summed E-state index contributed by atoms with van der Waals surface area (Å²) >= 11 is 0. The normalized spacial score (nSPS) is 10.6. The molecule has 0 atom stereocenters. The Morgan fingerprint density at radius 3 is 2.84 bits per heavy atom. The van der Waals surface area contributed by atoms with Gasteiger partial charge in [0.05, 0.1) is 18.3 Å². The highest BCUT2D eigenvalue weighted by Crippen LogP contribution is 2.28. The quantitative estimate of drug-likeness (QED) is 0.778. The monoisotopic (exact) mass is 252 g/mol. The van der Waals surface area contributed by atoms with E-state index in [0.29, 0.717) is 11.5 Å². The second-order valence-electron chi connectivity index (χ2n) is 4.13. The van der Waals surface area contributed by atoms with Crippen molar-refractivity contribution in [1.29, 1.82) is 0 Å². The molecule has 2 aromatic carbocycles. The summed E-state index contributed by atoms with van der Waals surface area (Å²) < 4.78 is 5.82. The molecule has 0 bridgehead atoms. The van der Waals surface area contributed by atoms with Gasteiger partial charge in [0.2, 0.25) is 0 Å². The summed E-state index contributed by atoms with van der Waals surface area (Å²) in [7, 11) is 0. The van der Waals surface area contributed by atoms with E-state index in [1.165, 1.54) is 0 Å². The van der Waals surface area contributed by atoms with Crippen LogP contribution in [0.15, 0.2) is 54.7 Å². The second-order valence-corrected chi connectivity index (χ2v) is 4.13. The maximum atomic E-state index is 9.12. The van der Waals surface area contributed by atoms with Crippen LogP contribution in [0.25, 0.3) is 10.9 Å². The van der Waals surface area contributed by atoms with Gasteiger partial charge in [0.15, 0.2) is 5.75 Å². The zero-order valence-corrected chi connectivity index (χ0v) is 10.2. The molecule has 3 aromatic rings. The van der Waals surface area contributed by atoms with Gasteiger partial charge in [-0.1, -0.05) is 24.3 Å². The summed E-state index contributed by atoms with van der Waals surface area (Å²) in [5, 5.41) is 18.0. The Morgan fingerprint density at radius 1 is 1.05 bits per heavy atom. The number of rotatable bonds is 3. The van der Waals surface area contributed by atoms with E-state index in [-0.39, 0.29) is 6.61 Å². The van der Waals surface area contributed by atoms with Crippen LogP contribution in [-0.4, -0.2) is 15.3 Å². The lowest BCUT2D eigenvalue weighted by atomic mass is 10.2. The predicted octanol–water partition coefficient (Wildman–Crippen LogP) is 2.91. The first kappa shape index (κ1) is 11.6. The van der Waals surface area contributed by atoms with Gasteiger partial charge >= 0.3 is 0 Å². The van der Waals surface area contributed by atoms with Crippen LogP contribution in [0.4, 0.5) is 0 Å². The summed E-state index contributed by atoms with van der Waals surface area (Å²) in [6.45, 7) is -0.00740. The minimum Gasteiger partial charge on any atom is -0.455 e. The number of aliphatic hydroxyl groups excluding tert-OH is 1. The first-order chi connectivity index (χ1) is 9.36. The van der Waals surface area contributed by atoms with Crippen molar-refractivity contribution in [2.24, 2.45) is 0 Å². The van der Waals surface area contributed by atoms with Crippen molar-refractivity contribution in [2.75, 3.05) is 0 Å². The van der Waals surface area contributed by atoms with Crippen molar-refractivity contribution in [1.82, 2.24) is 10.2 Å². The predicted molar refractivity (Wildman–Crippen MR) is 72.0 cm³/mol. The molecule has 0 aliphatic heterocycles. The lowest BCUT2D eigenvalue weighted by molar-refractivity contribution is 0.281. The topological polar surface area (TPSA) is 55.2 Å². The van der Waals surface area contributed by atoms with Gasteiger partial charge in [-0.3, -0.25) is 0 Å². The van der Waals surface area contributed by atoms with Gasteiger partial charge in [0.25, 0.3) is 0 Å². The molecular formula is C15H12N2O2. The van der Waals surface area contributed by atoms with Gasteiger partial charge in [-0.15, -0.1) is 0 Å². The molecule has 3 rings (SSSR count). The number of aliphatic hydroxyl groups is 1. The van der Waals surface area contributed by atoms with Crippen LogP contribution in [0.1, 0.15) is 5.56 Å². The van der Waals surface area contributed by atoms with Crippen molar-refractivity contribution in [3.8, 4) is 11.5 Å². The van der Waals surface area contributed by atoms with Crippen molar-refractivity contribution in [3.63, 3.8) is 0 Å². The lowest BCUT2D eigenvalue weighted by Gasteiger charge is -2.08. The molecule has 19 heavy (non-hydrogen) atoms. The number of benzene rings is 2. The molecule has 1 N–H and O–H groups in total. The van der Waals surface area contributed by atoms with Crippen LogP contribution < -0.4 is 4.74 Å². The fraction of sp³-hybridized carbons (Fsp3) is 0.0667. The summed E-state index contributed by atoms with van der Waals surface area (Å²) in [6, 6.07) is 15.0. The highest BCUT2D eigenvalue weighted by Gasteiger charge is 2.05. The van der Waals surface area contributed by atoms with E-state index in [2.05, 4.69) is 10.2 Å². The number of hydrogen-bond acceptors (Lipinski definition) is 4. The third-order valence-electron chi connectivity index (χ3n) is 2.82. The van der Waals surface area contributed by atoms with E-state index in [4.69, 9.17) is 9.84 Å². The molecule has 94 valence electrons. The minimum atomic E-state index is -0.00740. The van der Waals surface area contributed by atoms with Crippen LogP contribution in [-0.2, 0) is 6.61 Å². The Bertz CT molecular complexity index is 708. The summed E-state index contributed by atoms with van der Waals surface area (Å²) in [4.78, 5) is 0. The molecule has 0 spiro atoms. The average Bonchev–Trinajstić information content (AvgIpc) is 2.48. The molecule has 0 unspecified atom stereocenters. The Morgan fingerprint density at radius 2 is 1.95 bits per heavy atom. The average molecular weight is 252 g/mol. The third kappa shape index (κ3) is 2.39. The minimum absolute atomic E-state index is 0.00740. The van der Waals surface area contributed by atoms with Crippen LogP contribution in [0.2, 0.25) is 0 Å². The zero-order valence-electron chi connectivity index (χ0n) is 10.2. The van der Waals surface area contributed by atoms with Crippen LogP contribution >= 0.6 is 0 Å².